The number of anilines is 1. The van der Waals surface area contributed by atoms with Crippen molar-refractivity contribution in [1.82, 2.24) is 4.31 Å². The molecule has 1 aromatic rings. The maximum atomic E-state index is 12.5. The molecule has 0 saturated carbocycles. The van der Waals surface area contributed by atoms with Crippen LogP contribution in [0.4, 0.5) is 5.69 Å². The van der Waals surface area contributed by atoms with Crippen LogP contribution in [0.3, 0.4) is 0 Å². The largest absolute Gasteiger partial charge is 0.385 e. The topological polar surface area (TPSA) is 58.6 Å². The first kappa shape index (κ1) is 14.3. The lowest BCUT2D eigenvalue weighted by Crippen LogP contribution is -2.46. The highest BCUT2D eigenvalue weighted by atomic mass is 32.2. The van der Waals surface area contributed by atoms with Crippen LogP contribution in [0.15, 0.2) is 29.2 Å². The van der Waals surface area contributed by atoms with Crippen LogP contribution in [-0.2, 0) is 14.8 Å². The molecule has 0 amide bonds. The standard InChI is InChI=1S/C13H20N2O3S/c1-3-14-12-4-6-13(7-5-12)19(16,17)15-8-9-18-10-11(15)2/h4-7,11,14H,3,8-10H2,1-2H3. The van der Waals surface area contributed by atoms with Gasteiger partial charge in [-0.15, -0.1) is 0 Å². The van der Waals surface area contributed by atoms with Crippen LogP contribution in [0.2, 0.25) is 0 Å². The van der Waals surface area contributed by atoms with Crippen molar-refractivity contribution in [3.05, 3.63) is 24.3 Å². The lowest BCUT2D eigenvalue weighted by molar-refractivity contribution is 0.0393. The van der Waals surface area contributed by atoms with Gasteiger partial charge in [-0.05, 0) is 38.1 Å². The van der Waals surface area contributed by atoms with Crippen LogP contribution in [0, 0.1) is 0 Å². The number of nitrogens with one attached hydrogen (secondary N) is 1. The second-order valence-electron chi connectivity index (χ2n) is 4.59. The van der Waals surface area contributed by atoms with E-state index in [9.17, 15) is 8.42 Å². The molecule has 0 bridgehead atoms. The average Bonchev–Trinajstić information content (AvgIpc) is 2.40. The van der Waals surface area contributed by atoms with Gasteiger partial charge >= 0.3 is 0 Å². The first-order valence-electron chi connectivity index (χ1n) is 6.49. The van der Waals surface area contributed by atoms with Crippen molar-refractivity contribution in [3.63, 3.8) is 0 Å². The molecule has 1 fully saturated rings. The highest BCUT2D eigenvalue weighted by molar-refractivity contribution is 7.89. The van der Waals surface area contributed by atoms with E-state index in [0.717, 1.165) is 12.2 Å². The molecule has 0 aliphatic carbocycles. The van der Waals surface area contributed by atoms with E-state index in [0.29, 0.717) is 24.7 Å². The van der Waals surface area contributed by atoms with Crippen LogP contribution in [-0.4, -0.2) is 45.1 Å². The summed E-state index contributed by atoms with van der Waals surface area (Å²) in [4.78, 5) is 0.336. The van der Waals surface area contributed by atoms with Gasteiger partial charge in [-0.25, -0.2) is 8.42 Å². The van der Waals surface area contributed by atoms with Crippen molar-refractivity contribution in [2.24, 2.45) is 0 Å². The summed E-state index contributed by atoms with van der Waals surface area (Å²) in [6, 6.07) is 6.76. The van der Waals surface area contributed by atoms with Gasteiger partial charge in [0.25, 0.3) is 0 Å². The third-order valence-electron chi connectivity index (χ3n) is 3.15. The van der Waals surface area contributed by atoms with E-state index in [4.69, 9.17) is 4.74 Å². The van der Waals surface area contributed by atoms with Crippen LogP contribution in [0.1, 0.15) is 13.8 Å². The fourth-order valence-corrected chi connectivity index (χ4v) is 3.75. The highest BCUT2D eigenvalue weighted by Gasteiger charge is 2.31. The number of hydrogen-bond acceptors (Lipinski definition) is 4. The average molecular weight is 284 g/mol. The van der Waals surface area contributed by atoms with Gasteiger partial charge in [0.1, 0.15) is 0 Å². The Labute approximate surface area is 114 Å². The van der Waals surface area contributed by atoms with E-state index in [-0.39, 0.29) is 6.04 Å². The summed E-state index contributed by atoms with van der Waals surface area (Å²) < 4.78 is 31.8. The molecule has 5 nitrogen and oxygen atoms in total. The predicted octanol–water partition coefficient (Wildman–Crippen LogP) is 1.53. The van der Waals surface area contributed by atoms with Gasteiger partial charge in [0.15, 0.2) is 0 Å². The SMILES string of the molecule is CCNc1ccc(S(=O)(=O)N2CCOCC2C)cc1. The molecule has 2 rings (SSSR count). The van der Waals surface area contributed by atoms with Gasteiger partial charge in [-0.3, -0.25) is 0 Å². The Kier molecular flexibility index (Phi) is 4.44. The monoisotopic (exact) mass is 284 g/mol. The number of hydrogen-bond donors (Lipinski definition) is 1. The Morgan fingerprint density at radius 3 is 2.63 bits per heavy atom. The number of sulfonamides is 1. The minimum Gasteiger partial charge on any atom is -0.385 e. The number of morpholine rings is 1. The van der Waals surface area contributed by atoms with Crippen LogP contribution in [0.25, 0.3) is 0 Å². The van der Waals surface area contributed by atoms with Gasteiger partial charge in [0.05, 0.1) is 18.1 Å². The maximum absolute atomic E-state index is 12.5. The van der Waals surface area contributed by atoms with Gasteiger partial charge in [-0.1, -0.05) is 0 Å². The van der Waals surface area contributed by atoms with Gasteiger partial charge in [0, 0.05) is 24.8 Å². The molecule has 0 spiro atoms. The van der Waals surface area contributed by atoms with E-state index in [1.54, 1.807) is 24.3 Å². The normalized spacial score (nSPS) is 21.3. The molecule has 1 aliphatic rings. The number of benzene rings is 1. The van der Waals surface area contributed by atoms with E-state index < -0.39 is 10.0 Å². The van der Waals surface area contributed by atoms with Crippen molar-refractivity contribution in [3.8, 4) is 0 Å². The van der Waals surface area contributed by atoms with Crippen molar-refractivity contribution >= 4 is 15.7 Å². The summed E-state index contributed by atoms with van der Waals surface area (Å²) >= 11 is 0. The Balaban J connectivity index is 2.23. The van der Waals surface area contributed by atoms with Crippen molar-refractivity contribution in [1.29, 1.82) is 0 Å². The molecular formula is C13H20N2O3S. The highest BCUT2D eigenvalue weighted by Crippen LogP contribution is 2.21. The van der Waals surface area contributed by atoms with E-state index in [1.165, 1.54) is 4.31 Å². The maximum Gasteiger partial charge on any atom is 0.243 e. The smallest absolute Gasteiger partial charge is 0.243 e. The first-order valence-corrected chi connectivity index (χ1v) is 7.93. The minimum atomic E-state index is -3.42. The number of nitrogens with zero attached hydrogens (tertiary/aromatic N) is 1. The van der Waals surface area contributed by atoms with Crippen LogP contribution in [0.5, 0.6) is 0 Å². The Morgan fingerprint density at radius 2 is 2.05 bits per heavy atom. The molecule has 0 radical (unpaired) electrons. The molecule has 6 heteroatoms. The van der Waals surface area contributed by atoms with Gasteiger partial charge in [0.2, 0.25) is 10.0 Å². The molecule has 0 aromatic heterocycles. The lowest BCUT2D eigenvalue weighted by Gasteiger charge is -2.32. The molecular weight excluding hydrogens is 264 g/mol. The summed E-state index contributed by atoms with van der Waals surface area (Å²) in [7, 11) is -3.42. The summed E-state index contributed by atoms with van der Waals surface area (Å²) in [6.45, 7) is 6.00. The summed E-state index contributed by atoms with van der Waals surface area (Å²) in [5, 5.41) is 3.15. The quantitative estimate of drug-likeness (QED) is 0.911. The van der Waals surface area contributed by atoms with Crippen molar-refractivity contribution in [2.75, 3.05) is 31.6 Å². The first-order chi connectivity index (χ1) is 9.05. The Morgan fingerprint density at radius 1 is 1.37 bits per heavy atom. The molecule has 106 valence electrons. The van der Waals surface area contributed by atoms with E-state index >= 15 is 0 Å². The van der Waals surface area contributed by atoms with Crippen molar-refractivity contribution < 1.29 is 13.2 Å². The summed E-state index contributed by atoms with van der Waals surface area (Å²) in [5.74, 6) is 0. The predicted molar refractivity (Wildman–Crippen MR) is 74.8 cm³/mol. The summed E-state index contributed by atoms with van der Waals surface area (Å²) in [6.07, 6.45) is 0. The zero-order chi connectivity index (χ0) is 13.9. The van der Waals surface area contributed by atoms with Crippen LogP contribution < -0.4 is 5.32 Å². The zero-order valence-electron chi connectivity index (χ0n) is 11.3. The fourth-order valence-electron chi connectivity index (χ4n) is 2.15. The van der Waals surface area contributed by atoms with Gasteiger partial charge in [-0.2, -0.15) is 4.31 Å². The lowest BCUT2D eigenvalue weighted by atomic mass is 10.3. The third kappa shape index (κ3) is 3.08. The molecule has 1 heterocycles. The number of ether oxygens (including phenoxy) is 1. The molecule has 1 atom stereocenters. The molecule has 1 N–H and O–H groups in total. The van der Waals surface area contributed by atoms with E-state index in [1.807, 2.05) is 13.8 Å². The third-order valence-corrected chi connectivity index (χ3v) is 5.18. The van der Waals surface area contributed by atoms with E-state index in [2.05, 4.69) is 5.32 Å². The number of rotatable bonds is 4. The molecule has 1 aromatic carbocycles. The fraction of sp³-hybridized carbons (Fsp3) is 0.538. The summed E-state index contributed by atoms with van der Waals surface area (Å²) in [5.41, 5.74) is 0.927. The molecule has 1 aliphatic heterocycles. The van der Waals surface area contributed by atoms with Gasteiger partial charge < -0.3 is 10.1 Å². The Hall–Kier alpha value is -1.11. The second-order valence-corrected chi connectivity index (χ2v) is 6.48. The molecule has 1 saturated heterocycles. The van der Waals surface area contributed by atoms with Crippen molar-refractivity contribution in [2.45, 2.75) is 24.8 Å². The minimum absolute atomic E-state index is 0.118. The Bertz CT molecular complexity index is 513. The molecule has 19 heavy (non-hydrogen) atoms. The van der Waals surface area contributed by atoms with Crippen LogP contribution >= 0.6 is 0 Å². The zero-order valence-corrected chi connectivity index (χ0v) is 12.1. The second kappa shape index (κ2) is 5.90. The molecule has 1 unspecified atom stereocenters.